The molecule has 33 heavy (non-hydrogen) atoms. The van der Waals surface area contributed by atoms with Crippen LogP contribution >= 0.6 is 27.3 Å². The van der Waals surface area contributed by atoms with Gasteiger partial charge in [-0.2, -0.15) is 4.99 Å². The molecule has 2 amide bonds. The van der Waals surface area contributed by atoms with Crippen LogP contribution in [0.15, 0.2) is 45.2 Å². The monoisotopic (exact) mass is 530 g/mol. The summed E-state index contributed by atoms with van der Waals surface area (Å²) in [6.45, 7) is 2.30. The van der Waals surface area contributed by atoms with E-state index in [4.69, 9.17) is 15.9 Å². The lowest BCUT2D eigenvalue weighted by Gasteiger charge is -2.27. The third-order valence-electron chi connectivity index (χ3n) is 5.48. The molecule has 0 radical (unpaired) electrons. The Kier molecular flexibility index (Phi) is 7.45. The van der Waals surface area contributed by atoms with Crippen LogP contribution in [0.25, 0.3) is 0 Å². The van der Waals surface area contributed by atoms with Crippen molar-refractivity contribution in [3.05, 3.63) is 45.1 Å². The first-order valence-corrected chi connectivity index (χ1v) is 12.1. The molecule has 0 bridgehead atoms. The van der Waals surface area contributed by atoms with Gasteiger partial charge in [0.2, 0.25) is 0 Å². The van der Waals surface area contributed by atoms with Gasteiger partial charge in [-0.1, -0.05) is 6.42 Å². The summed E-state index contributed by atoms with van der Waals surface area (Å²) in [6.07, 6.45) is 6.41. The second-order valence-corrected chi connectivity index (χ2v) is 10.1. The molecule has 0 spiro atoms. The fourth-order valence-electron chi connectivity index (χ4n) is 3.74. The molecule has 0 unspecified atom stereocenters. The van der Waals surface area contributed by atoms with Gasteiger partial charge in [-0.15, -0.1) is 11.3 Å². The van der Waals surface area contributed by atoms with Gasteiger partial charge in [0.05, 0.1) is 28.5 Å². The van der Waals surface area contributed by atoms with Crippen molar-refractivity contribution in [2.24, 2.45) is 4.99 Å². The first-order chi connectivity index (χ1) is 16.0. The Balaban J connectivity index is 1.47. The fraction of sp³-hybridized carbons (Fsp3) is 0.348. The predicted octanol–water partition coefficient (Wildman–Crippen LogP) is 3.25. The number of amidine groups is 1. The number of hydrogen-bond acceptors (Lipinski definition) is 6. The minimum absolute atomic E-state index is 0.120. The molecule has 10 heteroatoms. The maximum absolute atomic E-state index is 13.2. The number of hydrogen-bond donors (Lipinski definition) is 2. The van der Waals surface area contributed by atoms with Gasteiger partial charge in [0, 0.05) is 43.4 Å². The summed E-state index contributed by atoms with van der Waals surface area (Å²) in [4.78, 5) is 32.6. The van der Waals surface area contributed by atoms with Gasteiger partial charge in [-0.05, 0) is 52.3 Å². The van der Waals surface area contributed by atoms with Crippen molar-refractivity contribution in [3.63, 3.8) is 0 Å². The Morgan fingerprint density at radius 3 is 2.64 bits per heavy atom. The minimum atomic E-state index is -1.12. The number of halogens is 1. The molecule has 2 N–H and O–H groups in total. The number of ether oxygens (including phenoxy) is 2. The Morgan fingerprint density at radius 1 is 1.15 bits per heavy atom. The molecule has 0 saturated carbocycles. The van der Waals surface area contributed by atoms with Crippen LogP contribution in [0.5, 0.6) is 0 Å². The molecule has 8 nitrogen and oxygen atoms in total. The van der Waals surface area contributed by atoms with E-state index in [9.17, 15) is 9.59 Å². The van der Waals surface area contributed by atoms with Crippen LogP contribution in [-0.4, -0.2) is 56.2 Å². The standard InChI is InChI=1S/C23H23BrN4O4S/c1-2-25-20-9-12-31-14-11-28(20)17-5-3-16(4-6-17)26-22(30)23(10-13-32-15-23)27-21(29)18-7-8-19(24)33-18/h1,3-8H,9-15H2,(H,26,30)(H,27,29)/t23-/m1/s1. The van der Waals surface area contributed by atoms with Crippen LogP contribution in [0.2, 0.25) is 0 Å². The highest BCUT2D eigenvalue weighted by molar-refractivity contribution is 9.11. The molecule has 3 heterocycles. The molecule has 0 aliphatic carbocycles. The molecule has 2 aliphatic rings. The van der Waals surface area contributed by atoms with Gasteiger partial charge >= 0.3 is 0 Å². The number of terminal acetylenes is 1. The summed E-state index contributed by atoms with van der Waals surface area (Å²) < 4.78 is 11.9. The van der Waals surface area contributed by atoms with Crippen molar-refractivity contribution >= 4 is 56.3 Å². The largest absolute Gasteiger partial charge is 0.379 e. The number of anilines is 2. The van der Waals surface area contributed by atoms with Gasteiger partial charge in [0.15, 0.2) is 0 Å². The van der Waals surface area contributed by atoms with Crippen LogP contribution in [0.4, 0.5) is 11.4 Å². The van der Waals surface area contributed by atoms with E-state index in [2.05, 4.69) is 37.6 Å². The molecule has 2 saturated heterocycles. The van der Waals surface area contributed by atoms with E-state index in [1.807, 2.05) is 29.2 Å². The van der Waals surface area contributed by atoms with Crippen LogP contribution in [-0.2, 0) is 14.3 Å². The molecular formula is C23H23BrN4O4S. The third kappa shape index (κ3) is 5.45. The number of rotatable bonds is 5. The molecule has 4 rings (SSSR count). The third-order valence-corrected chi connectivity index (χ3v) is 7.10. The van der Waals surface area contributed by atoms with Crippen molar-refractivity contribution in [3.8, 4) is 12.5 Å². The van der Waals surface area contributed by atoms with E-state index in [1.165, 1.54) is 11.3 Å². The van der Waals surface area contributed by atoms with Crippen molar-refractivity contribution in [2.75, 3.05) is 43.2 Å². The molecule has 2 fully saturated rings. The number of carbonyl (C=O) groups excluding carboxylic acids is 2. The first-order valence-electron chi connectivity index (χ1n) is 10.5. The number of amides is 2. The average Bonchev–Trinajstić information content (AvgIpc) is 3.40. The lowest BCUT2D eigenvalue weighted by molar-refractivity contribution is -0.122. The number of aliphatic imine (C=N–C) groups is 1. The van der Waals surface area contributed by atoms with Crippen LogP contribution in [0, 0.1) is 12.5 Å². The minimum Gasteiger partial charge on any atom is -0.379 e. The van der Waals surface area contributed by atoms with Gasteiger partial charge < -0.3 is 25.0 Å². The van der Waals surface area contributed by atoms with Crippen molar-refractivity contribution in [2.45, 2.75) is 18.4 Å². The van der Waals surface area contributed by atoms with Crippen LogP contribution in [0.3, 0.4) is 0 Å². The summed E-state index contributed by atoms with van der Waals surface area (Å²) in [5, 5.41) is 5.81. The maximum Gasteiger partial charge on any atom is 0.262 e. The Morgan fingerprint density at radius 2 is 1.97 bits per heavy atom. The maximum atomic E-state index is 13.2. The van der Waals surface area contributed by atoms with Gasteiger partial charge in [-0.25, -0.2) is 0 Å². The second-order valence-electron chi connectivity index (χ2n) is 7.61. The lowest BCUT2D eigenvalue weighted by Crippen LogP contribution is -2.57. The van der Waals surface area contributed by atoms with Crippen LogP contribution < -0.4 is 15.5 Å². The zero-order valence-corrected chi connectivity index (χ0v) is 20.2. The second kappa shape index (κ2) is 10.5. The van der Waals surface area contributed by atoms with E-state index < -0.39 is 5.54 Å². The number of thiophene rings is 1. The summed E-state index contributed by atoms with van der Waals surface area (Å²) in [7, 11) is 0. The van der Waals surface area contributed by atoms with E-state index >= 15 is 0 Å². The van der Waals surface area contributed by atoms with E-state index in [0.717, 1.165) is 15.3 Å². The highest BCUT2D eigenvalue weighted by Gasteiger charge is 2.44. The topological polar surface area (TPSA) is 92.3 Å². The quantitative estimate of drug-likeness (QED) is 0.579. The predicted molar refractivity (Wildman–Crippen MR) is 132 cm³/mol. The van der Waals surface area contributed by atoms with Crippen molar-refractivity contribution in [1.82, 2.24) is 5.32 Å². The van der Waals surface area contributed by atoms with Gasteiger partial charge in [-0.3, -0.25) is 9.59 Å². The molecule has 2 aromatic rings. The van der Waals surface area contributed by atoms with E-state index in [-0.39, 0.29) is 18.4 Å². The van der Waals surface area contributed by atoms with E-state index in [1.54, 1.807) is 12.1 Å². The lowest BCUT2D eigenvalue weighted by atomic mass is 9.97. The summed E-state index contributed by atoms with van der Waals surface area (Å²) in [5.41, 5.74) is 0.397. The number of carbonyl (C=O) groups is 2. The average molecular weight is 531 g/mol. The zero-order valence-electron chi connectivity index (χ0n) is 17.8. The SMILES string of the molecule is C#CN=C1CCOCCN1c1ccc(NC(=O)[C@@]2(NC(=O)c3ccc(Br)s3)CCOC2)cc1. The van der Waals surface area contributed by atoms with Crippen LogP contribution in [0.1, 0.15) is 22.5 Å². The van der Waals surface area contributed by atoms with Gasteiger partial charge in [0.1, 0.15) is 11.4 Å². The van der Waals surface area contributed by atoms with Gasteiger partial charge in [0.25, 0.3) is 11.8 Å². The zero-order chi connectivity index (χ0) is 23.3. The summed E-state index contributed by atoms with van der Waals surface area (Å²) in [5.74, 6) is 0.164. The summed E-state index contributed by atoms with van der Waals surface area (Å²) in [6, 6.07) is 13.3. The first kappa shape index (κ1) is 23.4. The molecule has 1 aromatic carbocycles. The van der Waals surface area contributed by atoms with Crippen molar-refractivity contribution in [1.29, 1.82) is 0 Å². The molecule has 1 aromatic heterocycles. The Labute approximate surface area is 204 Å². The highest BCUT2D eigenvalue weighted by atomic mass is 79.9. The van der Waals surface area contributed by atoms with E-state index in [0.29, 0.717) is 49.8 Å². The highest BCUT2D eigenvalue weighted by Crippen LogP contribution is 2.26. The number of nitrogens with zero attached hydrogens (tertiary/aromatic N) is 2. The Bertz CT molecular complexity index is 1090. The number of nitrogens with one attached hydrogen (secondary N) is 2. The number of benzene rings is 1. The molecule has 172 valence electrons. The molecule has 1 atom stereocenters. The smallest absolute Gasteiger partial charge is 0.262 e. The van der Waals surface area contributed by atoms with Crippen molar-refractivity contribution < 1.29 is 19.1 Å². The summed E-state index contributed by atoms with van der Waals surface area (Å²) >= 11 is 4.67. The molecular weight excluding hydrogens is 508 g/mol. The Hall–Kier alpha value is -2.71. The fourth-order valence-corrected chi connectivity index (χ4v) is 5.03. The molecule has 2 aliphatic heterocycles. The normalized spacial score (nSPS) is 21.9.